The van der Waals surface area contributed by atoms with Crippen LogP contribution in [0.4, 0.5) is 13.2 Å². The van der Waals surface area contributed by atoms with Crippen LogP contribution in [0.1, 0.15) is 32.6 Å². The van der Waals surface area contributed by atoms with Gasteiger partial charge in [0.25, 0.3) is 0 Å². The first-order valence-electron chi connectivity index (χ1n) is 5.35. The lowest BCUT2D eigenvalue weighted by Gasteiger charge is -2.21. The van der Waals surface area contributed by atoms with E-state index in [2.05, 4.69) is 0 Å². The third-order valence-electron chi connectivity index (χ3n) is 2.29. The maximum Gasteiger partial charge on any atom is 0.390 e. The first-order chi connectivity index (χ1) is 7.28. The minimum absolute atomic E-state index is 0.331. The van der Waals surface area contributed by atoms with Crippen molar-refractivity contribution in [3.05, 3.63) is 0 Å². The number of likely N-dealkylation sites (N-methyl/N-ethyl adjacent to an activating group) is 1. The van der Waals surface area contributed by atoms with Gasteiger partial charge in [-0.15, -0.1) is 0 Å². The van der Waals surface area contributed by atoms with E-state index in [-0.39, 0.29) is 6.54 Å². The number of halogens is 3. The zero-order valence-corrected chi connectivity index (χ0v) is 9.68. The normalized spacial score (nSPS) is 13.6. The van der Waals surface area contributed by atoms with E-state index in [1.54, 1.807) is 0 Å². The predicted molar refractivity (Wildman–Crippen MR) is 55.8 cm³/mol. The van der Waals surface area contributed by atoms with E-state index in [9.17, 15) is 18.0 Å². The third kappa shape index (κ3) is 6.66. The number of alkyl halides is 3. The number of hydrogen-bond acceptors (Lipinski definition) is 2. The Kier molecular flexibility index (Phi) is 6.40. The average molecular weight is 240 g/mol. The van der Waals surface area contributed by atoms with Crippen LogP contribution >= 0.6 is 0 Å². The van der Waals surface area contributed by atoms with Crippen molar-refractivity contribution in [1.29, 1.82) is 0 Å². The summed E-state index contributed by atoms with van der Waals surface area (Å²) in [6.07, 6.45) is -2.99. The molecule has 0 radical (unpaired) electrons. The molecule has 1 amide bonds. The van der Waals surface area contributed by atoms with Gasteiger partial charge in [0.15, 0.2) is 0 Å². The molecule has 0 saturated carbocycles. The van der Waals surface area contributed by atoms with Gasteiger partial charge in [-0.3, -0.25) is 4.79 Å². The van der Waals surface area contributed by atoms with Crippen LogP contribution in [0.3, 0.4) is 0 Å². The van der Waals surface area contributed by atoms with Crippen LogP contribution in [0.25, 0.3) is 0 Å². The van der Waals surface area contributed by atoms with E-state index >= 15 is 0 Å². The van der Waals surface area contributed by atoms with Crippen molar-refractivity contribution >= 4 is 5.91 Å². The van der Waals surface area contributed by atoms with Crippen LogP contribution in [-0.4, -0.2) is 36.6 Å². The van der Waals surface area contributed by atoms with Crippen molar-refractivity contribution in [2.24, 2.45) is 5.73 Å². The highest BCUT2D eigenvalue weighted by Crippen LogP contribution is 2.19. The van der Waals surface area contributed by atoms with Gasteiger partial charge in [0, 0.05) is 13.6 Å². The van der Waals surface area contributed by atoms with Gasteiger partial charge in [0.1, 0.15) is 0 Å². The van der Waals surface area contributed by atoms with Gasteiger partial charge in [-0.25, -0.2) is 0 Å². The van der Waals surface area contributed by atoms with Gasteiger partial charge in [0.2, 0.25) is 5.91 Å². The molecule has 0 unspecified atom stereocenters. The molecule has 6 heteroatoms. The Hall–Kier alpha value is -0.780. The molecule has 0 saturated heterocycles. The molecule has 0 aromatic rings. The van der Waals surface area contributed by atoms with Crippen molar-refractivity contribution in [3.63, 3.8) is 0 Å². The topological polar surface area (TPSA) is 46.3 Å². The maximum absolute atomic E-state index is 11.9. The second-order valence-corrected chi connectivity index (χ2v) is 3.87. The Morgan fingerprint density at radius 2 is 2.00 bits per heavy atom. The molecule has 0 fully saturated rings. The minimum Gasteiger partial charge on any atom is -0.344 e. The number of nitrogens with zero attached hydrogens (tertiary/aromatic N) is 1. The molecule has 0 aromatic carbocycles. The highest BCUT2D eigenvalue weighted by Gasteiger charge is 2.28. The van der Waals surface area contributed by atoms with Crippen LogP contribution in [0.15, 0.2) is 0 Å². The molecule has 0 heterocycles. The van der Waals surface area contributed by atoms with Gasteiger partial charge in [-0.1, -0.05) is 19.8 Å². The average Bonchev–Trinajstić information content (AvgIpc) is 2.20. The summed E-state index contributed by atoms with van der Waals surface area (Å²) in [4.78, 5) is 12.5. The molecule has 0 spiro atoms. The summed E-state index contributed by atoms with van der Waals surface area (Å²) < 4.78 is 35.7. The third-order valence-corrected chi connectivity index (χ3v) is 2.29. The Morgan fingerprint density at radius 1 is 1.44 bits per heavy atom. The fraction of sp³-hybridized carbons (Fsp3) is 0.900. The fourth-order valence-corrected chi connectivity index (χ4v) is 1.24. The fourth-order valence-electron chi connectivity index (χ4n) is 1.24. The number of hydrogen-bond donors (Lipinski definition) is 1. The monoisotopic (exact) mass is 240 g/mol. The van der Waals surface area contributed by atoms with Gasteiger partial charge < -0.3 is 10.6 Å². The van der Waals surface area contributed by atoms with Crippen molar-refractivity contribution in [2.45, 2.75) is 44.8 Å². The smallest absolute Gasteiger partial charge is 0.344 e. The molecule has 16 heavy (non-hydrogen) atoms. The Labute approximate surface area is 93.8 Å². The summed E-state index contributed by atoms with van der Waals surface area (Å²) >= 11 is 0. The molecule has 1 atom stereocenters. The Morgan fingerprint density at radius 3 is 2.44 bits per heavy atom. The summed E-state index contributed by atoms with van der Waals surface area (Å²) in [7, 11) is 1.35. The second kappa shape index (κ2) is 6.73. The summed E-state index contributed by atoms with van der Waals surface area (Å²) in [5.74, 6) is -0.419. The van der Waals surface area contributed by atoms with Crippen LogP contribution in [0.5, 0.6) is 0 Å². The zero-order chi connectivity index (χ0) is 12.8. The Balaban J connectivity index is 3.98. The van der Waals surface area contributed by atoms with Gasteiger partial charge in [-0.05, 0) is 6.42 Å². The minimum atomic E-state index is -4.23. The molecule has 2 N–H and O–H groups in total. The van der Waals surface area contributed by atoms with Crippen molar-refractivity contribution in [1.82, 2.24) is 4.90 Å². The molecule has 0 aliphatic carbocycles. The van der Waals surface area contributed by atoms with Crippen molar-refractivity contribution in [2.75, 3.05) is 13.6 Å². The first kappa shape index (κ1) is 15.2. The summed E-state index contributed by atoms with van der Waals surface area (Å²) in [6.45, 7) is 1.63. The lowest BCUT2D eigenvalue weighted by molar-refractivity contribution is -0.144. The Bertz CT molecular complexity index is 219. The number of carbonyl (C=O) groups is 1. The molecule has 0 aliphatic heterocycles. The van der Waals surface area contributed by atoms with Gasteiger partial charge >= 0.3 is 6.18 Å². The van der Waals surface area contributed by atoms with Gasteiger partial charge in [-0.2, -0.15) is 13.2 Å². The second-order valence-electron chi connectivity index (χ2n) is 3.87. The molecule has 3 nitrogen and oxygen atoms in total. The van der Waals surface area contributed by atoms with Gasteiger partial charge in [0.05, 0.1) is 12.5 Å². The number of rotatable bonds is 6. The molecular weight excluding hydrogens is 221 g/mol. The number of nitrogens with two attached hydrogens (primary N) is 1. The largest absolute Gasteiger partial charge is 0.390 e. The predicted octanol–water partition coefficient (Wildman–Crippen LogP) is 1.91. The van der Waals surface area contributed by atoms with E-state index in [0.29, 0.717) is 6.42 Å². The lowest BCUT2D eigenvalue weighted by atomic mass is 10.1. The highest BCUT2D eigenvalue weighted by atomic mass is 19.4. The van der Waals surface area contributed by atoms with Crippen molar-refractivity contribution < 1.29 is 18.0 Å². The van der Waals surface area contributed by atoms with Crippen LogP contribution in [-0.2, 0) is 4.79 Å². The first-order valence-corrected chi connectivity index (χ1v) is 5.35. The van der Waals surface area contributed by atoms with E-state index in [4.69, 9.17) is 5.73 Å². The molecule has 0 aliphatic rings. The molecule has 0 aromatic heterocycles. The number of carbonyl (C=O) groups excluding carboxylic acids is 1. The van der Waals surface area contributed by atoms with E-state index < -0.39 is 24.5 Å². The summed E-state index contributed by atoms with van der Waals surface area (Å²) in [5.41, 5.74) is 5.57. The van der Waals surface area contributed by atoms with Crippen LogP contribution < -0.4 is 5.73 Å². The van der Waals surface area contributed by atoms with Crippen LogP contribution in [0, 0.1) is 0 Å². The summed E-state index contributed by atoms with van der Waals surface area (Å²) in [5, 5.41) is 0. The van der Waals surface area contributed by atoms with Crippen molar-refractivity contribution in [3.8, 4) is 0 Å². The summed E-state index contributed by atoms with van der Waals surface area (Å²) in [6, 6.07) is -0.682. The number of amides is 1. The van der Waals surface area contributed by atoms with E-state index in [1.807, 2.05) is 6.92 Å². The highest BCUT2D eigenvalue weighted by molar-refractivity contribution is 5.81. The maximum atomic E-state index is 11.9. The number of unbranched alkanes of at least 4 members (excludes halogenated alkanes) is 1. The molecule has 0 bridgehead atoms. The standard InChI is InChI=1S/C10H19F3N2O/c1-3-4-5-8(14)9(16)15(2)7-6-10(11,12)13/h8H,3-7,14H2,1-2H3/t8-/m0/s1. The van der Waals surface area contributed by atoms with Crippen LogP contribution in [0.2, 0.25) is 0 Å². The SMILES string of the molecule is CCCC[C@H](N)C(=O)N(C)CCC(F)(F)F. The molecule has 0 rings (SSSR count). The lowest BCUT2D eigenvalue weighted by Crippen LogP contribution is -2.42. The zero-order valence-electron chi connectivity index (χ0n) is 9.68. The quantitative estimate of drug-likeness (QED) is 0.771. The van der Waals surface area contributed by atoms with E-state index in [1.165, 1.54) is 7.05 Å². The van der Waals surface area contributed by atoms with E-state index in [0.717, 1.165) is 17.7 Å². The molecular formula is C10H19F3N2O. The molecule has 96 valence electrons.